The van der Waals surface area contributed by atoms with E-state index in [1.54, 1.807) is 0 Å². The molecule has 1 unspecified atom stereocenters. The van der Waals surface area contributed by atoms with Crippen molar-refractivity contribution in [2.24, 2.45) is 0 Å². The molecule has 2 fully saturated rings. The summed E-state index contributed by atoms with van der Waals surface area (Å²) in [6.07, 6.45) is 8.12. The zero-order valence-electron chi connectivity index (χ0n) is 12.0. The van der Waals surface area contributed by atoms with Crippen LogP contribution in [-0.4, -0.2) is 36.1 Å². The molecule has 1 saturated heterocycles. The molecular weight excluding hydrogens is 252 g/mol. The molecule has 2 nitrogen and oxygen atoms in total. The van der Waals surface area contributed by atoms with E-state index < -0.39 is 0 Å². The predicted molar refractivity (Wildman–Crippen MR) is 82.9 cm³/mol. The third-order valence-corrected chi connectivity index (χ3v) is 5.91. The topological polar surface area (TPSA) is 15.3 Å². The highest BCUT2D eigenvalue weighted by molar-refractivity contribution is 7.09. The summed E-state index contributed by atoms with van der Waals surface area (Å²) < 4.78 is 0. The minimum atomic E-state index is 0.445. The molecule has 106 valence electrons. The van der Waals surface area contributed by atoms with Gasteiger partial charge in [-0.1, -0.05) is 18.9 Å². The lowest BCUT2D eigenvalue weighted by Crippen LogP contribution is -2.50. The molecule has 0 aromatic carbocycles. The molecule has 19 heavy (non-hydrogen) atoms. The molecule has 0 radical (unpaired) electrons. The van der Waals surface area contributed by atoms with Gasteiger partial charge in [0.05, 0.1) is 0 Å². The van der Waals surface area contributed by atoms with Crippen LogP contribution < -0.4 is 5.32 Å². The zero-order valence-corrected chi connectivity index (χ0v) is 12.8. The second-order valence-corrected chi connectivity index (χ2v) is 7.38. The fourth-order valence-corrected chi connectivity index (χ4v) is 4.42. The van der Waals surface area contributed by atoms with Crippen LogP contribution in [0.25, 0.3) is 0 Å². The Balaban J connectivity index is 1.63. The Morgan fingerprint density at radius 2 is 2.26 bits per heavy atom. The SMILES string of the molecule is CC1CCNC2(CCCC2)CN1CCc1cccs1. The number of hydrogen-bond acceptors (Lipinski definition) is 3. The van der Waals surface area contributed by atoms with Crippen molar-refractivity contribution in [1.82, 2.24) is 10.2 Å². The highest BCUT2D eigenvalue weighted by Crippen LogP contribution is 2.32. The fourth-order valence-electron chi connectivity index (χ4n) is 3.72. The molecule has 2 heterocycles. The van der Waals surface area contributed by atoms with Crippen molar-refractivity contribution in [2.75, 3.05) is 19.6 Å². The minimum Gasteiger partial charge on any atom is -0.310 e. The lowest BCUT2D eigenvalue weighted by Gasteiger charge is -2.35. The van der Waals surface area contributed by atoms with Gasteiger partial charge in [0, 0.05) is 29.5 Å². The van der Waals surface area contributed by atoms with Crippen molar-refractivity contribution in [1.29, 1.82) is 0 Å². The summed E-state index contributed by atoms with van der Waals surface area (Å²) >= 11 is 1.90. The molecule has 1 aromatic heterocycles. The molecular formula is C16H26N2S. The predicted octanol–water partition coefficient (Wildman–Crippen LogP) is 3.29. The first-order chi connectivity index (χ1) is 9.27. The van der Waals surface area contributed by atoms with Crippen LogP contribution in [0.1, 0.15) is 43.9 Å². The van der Waals surface area contributed by atoms with Crippen molar-refractivity contribution in [3.05, 3.63) is 22.4 Å². The number of thiophene rings is 1. The van der Waals surface area contributed by atoms with Crippen LogP contribution >= 0.6 is 11.3 Å². The van der Waals surface area contributed by atoms with Gasteiger partial charge in [0.15, 0.2) is 0 Å². The first kappa shape index (κ1) is 13.6. The van der Waals surface area contributed by atoms with E-state index >= 15 is 0 Å². The van der Waals surface area contributed by atoms with Crippen molar-refractivity contribution in [3.8, 4) is 0 Å². The Bertz CT molecular complexity index is 381. The fraction of sp³-hybridized carbons (Fsp3) is 0.750. The molecule has 1 atom stereocenters. The molecule has 2 aliphatic rings. The van der Waals surface area contributed by atoms with Gasteiger partial charge in [0.25, 0.3) is 0 Å². The van der Waals surface area contributed by atoms with Gasteiger partial charge >= 0.3 is 0 Å². The smallest absolute Gasteiger partial charge is 0.0308 e. The molecule has 3 rings (SSSR count). The number of rotatable bonds is 3. The molecule has 0 bridgehead atoms. The van der Waals surface area contributed by atoms with Gasteiger partial charge in [-0.25, -0.2) is 0 Å². The van der Waals surface area contributed by atoms with Crippen molar-refractivity contribution in [2.45, 2.75) is 57.0 Å². The van der Waals surface area contributed by atoms with E-state index in [1.807, 2.05) is 11.3 Å². The maximum absolute atomic E-state index is 3.87. The molecule has 1 aromatic rings. The first-order valence-electron chi connectivity index (χ1n) is 7.79. The maximum atomic E-state index is 3.87. The molecule has 0 amide bonds. The van der Waals surface area contributed by atoms with Gasteiger partial charge in [-0.2, -0.15) is 0 Å². The Kier molecular flexibility index (Phi) is 4.25. The lowest BCUT2D eigenvalue weighted by atomic mass is 9.97. The highest BCUT2D eigenvalue weighted by Gasteiger charge is 2.37. The standard InChI is InChI=1S/C16H26N2S/c1-14-6-10-17-16(8-2-3-9-16)13-18(14)11-7-15-5-4-12-19-15/h4-5,12,14,17H,2-3,6-11,13H2,1H3. The average molecular weight is 278 g/mol. The summed E-state index contributed by atoms with van der Waals surface area (Å²) in [4.78, 5) is 4.27. The quantitative estimate of drug-likeness (QED) is 0.913. The zero-order chi connectivity index (χ0) is 13.1. The average Bonchev–Trinajstić information content (AvgIpc) is 3.03. The van der Waals surface area contributed by atoms with Crippen LogP contribution in [0.5, 0.6) is 0 Å². The van der Waals surface area contributed by atoms with E-state index in [0.717, 1.165) is 6.04 Å². The van der Waals surface area contributed by atoms with Crippen molar-refractivity contribution in [3.63, 3.8) is 0 Å². The number of nitrogens with one attached hydrogen (secondary N) is 1. The van der Waals surface area contributed by atoms with Crippen LogP contribution in [0.3, 0.4) is 0 Å². The Hall–Kier alpha value is -0.380. The Labute approximate surface area is 121 Å². The van der Waals surface area contributed by atoms with Crippen LogP contribution in [0.4, 0.5) is 0 Å². The van der Waals surface area contributed by atoms with Gasteiger partial charge in [0.1, 0.15) is 0 Å². The minimum absolute atomic E-state index is 0.445. The number of hydrogen-bond donors (Lipinski definition) is 1. The summed E-state index contributed by atoms with van der Waals surface area (Å²) in [5, 5.41) is 6.07. The summed E-state index contributed by atoms with van der Waals surface area (Å²) in [5.74, 6) is 0. The van der Waals surface area contributed by atoms with E-state index in [2.05, 4.69) is 34.7 Å². The van der Waals surface area contributed by atoms with E-state index in [1.165, 1.54) is 63.0 Å². The van der Waals surface area contributed by atoms with E-state index in [9.17, 15) is 0 Å². The van der Waals surface area contributed by atoms with Crippen LogP contribution in [0.15, 0.2) is 17.5 Å². The first-order valence-corrected chi connectivity index (χ1v) is 8.67. The highest BCUT2D eigenvalue weighted by atomic mass is 32.1. The maximum Gasteiger partial charge on any atom is 0.0308 e. The van der Waals surface area contributed by atoms with Crippen LogP contribution in [-0.2, 0) is 6.42 Å². The normalized spacial score (nSPS) is 27.7. The molecule has 1 aliphatic carbocycles. The molecule has 3 heteroatoms. The third kappa shape index (κ3) is 3.21. The van der Waals surface area contributed by atoms with Gasteiger partial charge in [0.2, 0.25) is 0 Å². The largest absolute Gasteiger partial charge is 0.310 e. The molecule has 1 aliphatic heterocycles. The Morgan fingerprint density at radius 3 is 3.00 bits per heavy atom. The summed E-state index contributed by atoms with van der Waals surface area (Å²) in [5.41, 5.74) is 0.445. The van der Waals surface area contributed by atoms with Crippen molar-refractivity contribution >= 4 is 11.3 Å². The van der Waals surface area contributed by atoms with E-state index in [4.69, 9.17) is 0 Å². The van der Waals surface area contributed by atoms with E-state index in [-0.39, 0.29) is 0 Å². The summed E-state index contributed by atoms with van der Waals surface area (Å²) in [6, 6.07) is 5.18. The van der Waals surface area contributed by atoms with Gasteiger partial charge in [-0.05, 0) is 50.6 Å². The summed E-state index contributed by atoms with van der Waals surface area (Å²) in [7, 11) is 0. The lowest BCUT2D eigenvalue weighted by molar-refractivity contribution is 0.170. The van der Waals surface area contributed by atoms with E-state index in [0.29, 0.717) is 5.54 Å². The monoisotopic (exact) mass is 278 g/mol. The second-order valence-electron chi connectivity index (χ2n) is 6.35. The van der Waals surface area contributed by atoms with Crippen LogP contribution in [0, 0.1) is 0 Å². The summed E-state index contributed by atoms with van der Waals surface area (Å²) in [6.45, 7) is 6.10. The van der Waals surface area contributed by atoms with Gasteiger partial charge < -0.3 is 5.32 Å². The van der Waals surface area contributed by atoms with Gasteiger partial charge in [-0.3, -0.25) is 4.90 Å². The Morgan fingerprint density at radius 1 is 1.42 bits per heavy atom. The molecule has 1 N–H and O–H groups in total. The third-order valence-electron chi connectivity index (χ3n) is 4.98. The van der Waals surface area contributed by atoms with Gasteiger partial charge in [-0.15, -0.1) is 11.3 Å². The second kappa shape index (κ2) is 5.94. The van der Waals surface area contributed by atoms with Crippen LogP contribution in [0.2, 0.25) is 0 Å². The molecule has 1 spiro atoms. The number of nitrogens with zero attached hydrogens (tertiary/aromatic N) is 1. The van der Waals surface area contributed by atoms with Crippen molar-refractivity contribution < 1.29 is 0 Å². The molecule has 1 saturated carbocycles.